The number of benzene rings is 4. The molecule has 0 saturated heterocycles. The zero-order chi connectivity index (χ0) is 54.2. The molecular formula is C56H84Na2O13S3. The molecule has 18 heteroatoms. The van der Waals surface area contributed by atoms with Crippen LogP contribution in [0, 0.1) is 0 Å². The van der Waals surface area contributed by atoms with E-state index in [4.69, 9.17) is 9.47 Å². The number of rotatable bonds is 28. The van der Waals surface area contributed by atoms with Crippen LogP contribution < -0.4 is 59.1 Å². The normalized spacial score (nSPS) is 13.6. The Morgan fingerprint density at radius 3 is 1.19 bits per heavy atom. The minimum atomic E-state index is -4.73. The Labute approximate surface area is 489 Å². The van der Waals surface area contributed by atoms with Gasteiger partial charge in [0.1, 0.15) is 20.2 Å². The molecule has 5 atom stereocenters. The summed E-state index contributed by atoms with van der Waals surface area (Å²) in [6.07, 6.45) is 14.7. The van der Waals surface area contributed by atoms with Crippen LogP contribution in [0.2, 0.25) is 0 Å². The molecule has 0 amide bonds. The molecule has 406 valence electrons. The Bertz CT molecular complexity index is 2520. The van der Waals surface area contributed by atoms with E-state index in [0.717, 1.165) is 105 Å². The summed E-state index contributed by atoms with van der Waals surface area (Å²) < 4.78 is 114. The van der Waals surface area contributed by atoms with Crippen molar-refractivity contribution in [3.63, 3.8) is 0 Å². The smallest absolute Gasteiger partial charge is 0.744 e. The van der Waals surface area contributed by atoms with E-state index in [9.17, 15) is 48.5 Å². The van der Waals surface area contributed by atoms with Gasteiger partial charge in [0.05, 0.1) is 29.4 Å². The molecule has 0 aromatic heterocycles. The molecule has 0 heterocycles. The topological polar surface area (TPSA) is 221 Å². The van der Waals surface area contributed by atoms with Gasteiger partial charge in [-0.1, -0.05) is 194 Å². The van der Waals surface area contributed by atoms with Gasteiger partial charge in [-0.05, 0) is 106 Å². The summed E-state index contributed by atoms with van der Waals surface area (Å²) >= 11 is 0. The maximum absolute atomic E-state index is 12.0. The first-order valence-corrected chi connectivity index (χ1v) is 30.6. The predicted octanol–water partition coefficient (Wildman–Crippen LogP) is 7.99. The molecule has 0 spiro atoms. The van der Waals surface area contributed by atoms with E-state index >= 15 is 0 Å². The fraction of sp³-hybridized carbons (Fsp3) is 0.607. The maximum atomic E-state index is 12.0. The number of fused-ring (bicyclic) bond motifs is 2. The molecule has 4 aromatic rings. The zero-order valence-corrected chi connectivity index (χ0v) is 53.1. The fourth-order valence-corrected chi connectivity index (χ4v) is 11.4. The average molecular weight is 1110 g/mol. The second-order valence-electron chi connectivity index (χ2n) is 19.1. The van der Waals surface area contributed by atoms with Gasteiger partial charge in [0, 0.05) is 0 Å². The Kier molecular flexibility index (Phi) is 35.3. The molecule has 0 fully saturated rings. The summed E-state index contributed by atoms with van der Waals surface area (Å²) in [7, 11) is -13.8. The average Bonchev–Trinajstić information content (AvgIpc) is 3.34. The molecule has 4 rings (SSSR count). The summed E-state index contributed by atoms with van der Waals surface area (Å²) in [5.41, 5.74) is 3.41. The maximum Gasteiger partial charge on any atom is 1.00 e. The first-order valence-electron chi connectivity index (χ1n) is 26.3. The van der Waals surface area contributed by atoms with Crippen LogP contribution in [0.3, 0.4) is 0 Å². The van der Waals surface area contributed by atoms with E-state index in [1.807, 2.05) is 52.0 Å². The number of ether oxygens (including phenoxy) is 2. The number of esters is 2. The van der Waals surface area contributed by atoms with Crippen LogP contribution in [0.15, 0.2) is 70.5 Å². The van der Waals surface area contributed by atoms with Gasteiger partial charge in [-0.3, -0.25) is 14.1 Å². The zero-order valence-electron chi connectivity index (χ0n) is 46.7. The largest absolute Gasteiger partial charge is 1.00 e. The van der Waals surface area contributed by atoms with Gasteiger partial charge in [0.15, 0.2) is 5.25 Å². The summed E-state index contributed by atoms with van der Waals surface area (Å²) in [4.78, 5) is 23.7. The Balaban J connectivity index is 0.00000107. The van der Waals surface area contributed by atoms with Crippen LogP contribution in [0.25, 0.3) is 21.5 Å². The van der Waals surface area contributed by atoms with Crippen LogP contribution in [-0.4, -0.2) is 69.3 Å². The number of carbonyl (C=O) groups is 2. The second-order valence-corrected chi connectivity index (χ2v) is 23.4. The SMILES string of the molecule is CCC(C)c1cc2ccccc2c(S(=O)(=O)[O-])c1C(C)CC.CCC(C)c1cc2ccccc2c(S(=O)(=O)[O-])c1C(C)CC.CCCCCCCCOC(=O)CC(C(=O)OCCCCCCCC)S(=O)(=O)O.[Na+].[Na+]. The van der Waals surface area contributed by atoms with Crippen molar-refractivity contribution in [1.29, 1.82) is 0 Å². The molecule has 13 nitrogen and oxygen atoms in total. The van der Waals surface area contributed by atoms with Crippen molar-refractivity contribution in [3.8, 4) is 0 Å². The molecule has 0 aliphatic rings. The summed E-state index contributed by atoms with van der Waals surface area (Å²) in [6, 6.07) is 18.6. The van der Waals surface area contributed by atoms with Crippen molar-refractivity contribution >= 4 is 63.8 Å². The molecule has 0 saturated carbocycles. The van der Waals surface area contributed by atoms with Gasteiger partial charge in [0.25, 0.3) is 10.1 Å². The number of unbranched alkanes of at least 4 members (excludes halogenated alkanes) is 10. The van der Waals surface area contributed by atoms with Gasteiger partial charge in [-0.25, -0.2) is 16.8 Å². The van der Waals surface area contributed by atoms with Crippen LogP contribution in [-0.2, 0) is 49.4 Å². The van der Waals surface area contributed by atoms with E-state index < -0.39 is 54.0 Å². The van der Waals surface area contributed by atoms with E-state index in [2.05, 4.69) is 53.7 Å². The van der Waals surface area contributed by atoms with E-state index in [1.165, 1.54) is 6.42 Å². The van der Waals surface area contributed by atoms with Crippen molar-refractivity contribution in [2.24, 2.45) is 0 Å². The molecule has 1 N–H and O–H groups in total. The van der Waals surface area contributed by atoms with Gasteiger partial charge in [-0.2, -0.15) is 8.42 Å². The Morgan fingerprint density at radius 1 is 0.514 bits per heavy atom. The summed E-state index contributed by atoms with van der Waals surface area (Å²) in [5.74, 6) is -1.43. The Hall–Kier alpha value is -1.93. The second kappa shape index (κ2) is 36.3. The molecule has 4 aromatic carbocycles. The number of hydrogen-bond acceptors (Lipinski definition) is 12. The first-order chi connectivity index (χ1) is 33.9. The monoisotopic (exact) mass is 1110 g/mol. The molecule has 0 aliphatic heterocycles. The number of hydrogen-bond donors (Lipinski definition) is 1. The molecule has 0 radical (unpaired) electrons. The van der Waals surface area contributed by atoms with Crippen LogP contribution in [0.4, 0.5) is 0 Å². The van der Waals surface area contributed by atoms with Gasteiger partial charge < -0.3 is 18.6 Å². The predicted molar refractivity (Wildman–Crippen MR) is 287 cm³/mol. The summed E-state index contributed by atoms with van der Waals surface area (Å²) in [5, 5.41) is 0.794. The third-order valence-corrected chi connectivity index (χ3v) is 16.6. The van der Waals surface area contributed by atoms with Gasteiger partial charge in [0.2, 0.25) is 0 Å². The summed E-state index contributed by atoms with van der Waals surface area (Å²) in [6.45, 7) is 20.8. The molecule has 0 bridgehead atoms. The molecule has 0 aliphatic carbocycles. The standard InChI is InChI=1S/C20H38O7S.2C18H24O3S.2Na/c1-3-5-7-9-11-13-15-26-19(21)17-18(28(23,24)25)20(22)27-16-14-12-10-8-6-4-2;2*1-5-12(3)16-11-14-9-7-8-10-15(14)18(22(19,20)21)17(16)13(4)6-2;;/h18H,3-17H2,1-2H3,(H,23,24,25);2*7-13H,5-6H2,1-4H3,(H,19,20,21);;/q;;;2*+1/p-2. The third-order valence-electron chi connectivity index (χ3n) is 13.6. The van der Waals surface area contributed by atoms with Gasteiger partial charge in [-0.15, -0.1) is 0 Å². The van der Waals surface area contributed by atoms with Crippen molar-refractivity contribution in [3.05, 3.63) is 82.9 Å². The minimum Gasteiger partial charge on any atom is -0.744 e. The molecular weight excluding hydrogens is 1020 g/mol. The van der Waals surface area contributed by atoms with Crippen LogP contribution in [0.1, 0.15) is 224 Å². The first kappa shape index (κ1) is 72.1. The van der Waals surface area contributed by atoms with E-state index in [0.29, 0.717) is 34.7 Å². The quantitative estimate of drug-likeness (QED) is 0.0247. The molecule has 74 heavy (non-hydrogen) atoms. The molecule has 5 unspecified atom stereocenters. The fourth-order valence-electron chi connectivity index (χ4n) is 8.66. The van der Waals surface area contributed by atoms with Crippen molar-refractivity contribution in [2.75, 3.05) is 13.2 Å². The van der Waals surface area contributed by atoms with Crippen LogP contribution >= 0.6 is 0 Å². The van der Waals surface area contributed by atoms with Crippen molar-refractivity contribution in [1.82, 2.24) is 0 Å². The van der Waals surface area contributed by atoms with Crippen molar-refractivity contribution in [2.45, 2.75) is 217 Å². The number of carbonyl (C=O) groups excluding carboxylic acids is 2. The van der Waals surface area contributed by atoms with E-state index in [1.54, 1.807) is 24.3 Å². The van der Waals surface area contributed by atoms with Gasteiger partial charge >= 0.3 is 71.1 Å². The van der Waals surface area contributed by atoms with Crippen LogP contribution in [0.5, 0.6) is 0 Å². The third kappa shape index (κ3) is 23.2. The Morgan fingerprint density at radius 2 is 0.851 bits per heavy atom. The van der Waals surface area contributed by atoms with E-state index in [-0.39, 0.29) is 106 Å². The minimum absolute atomic E-state index is 0. The van der Waals surface area contributed by atoms with Crippen molar-refractivity contribution < 1.29 is 117 Å².